The quantitative estimate of drug-likeness (QED) is 0.658. The third-order valence-electron chi connectivity index (χ3n) is 1.62. The van der Waals surface area contributed by atoms with Gasteiger partial charge in [-0.1, -0.05) is 5.92 Å². The highest BCUT2D eigenvalue weighted by atomic mass is 35.5. The van der Waals surface area contributed by atoms with Gasteiger partial charge < -0.3 is 0 Å². The third-order valence-corrected chi connectivity index (χ3v) is 2.39. The molecule has 0 aromatic carbocycles. The van der Waals surface area contributed by atoms with E-state index in [2.05, 4.69) is 21.8 Å². The molecule has 0 amide bonds. The fraction of sp³-hybridized carbons (Fsp3) is 0.0909. The predicted molar refractivity (Wildman–Crippen MR) is 64.3 cm³/mol. The Hall–Kier alpha value is -1.37. The van der Waals surface area contributed by atoms with Crippen LogP contribution in [0.2, 0.25) is 0 Å². The Bertz CT molecular complexity index is 482. The Labute approximate surface area is 98.8 Å². The van der Waals surface area contributed by atoms with Crippen molar-refractivity contribution in [3.8, 4) is 11.8 Å². The zero-order chi connectivity index (χ0) is 9.80. The molecule has 0 fully saturated rings. The first-order valence-electron chi connectivity index (χ1n) is 4.19. The minimum Gasteiger partial charge on any atom is -0.263 e. The summed E-state index contributed by atoms with van der Waals surface area (Å²) in [5, 5.41) is 3.00. The molecule has 0 aliphatic heterocycles. The molecule has 0 spiro atoms. The Morgan fingerprint density at radius 3 is 2.80 bits per heavy atom. The normalized spacial score (nSPS) is 8.60. The maximum absolute atomic E-state index is 4.25. The van der Waals surface area contributed by atoms with Crippen LogP contribution in [0, 0.1) is 18.8 Å². The second kappa shape index (κ2) is 5.50. The van der Waals surface area contributed by atoms with E-state index >= 15 is 0 Å². The molecule has 4 heteroatoms. The SMILES string of the molecule is Cc1nc(C#Cc2cccnc2)cs1.Cl. The number of halogens is 1. The summed E-state index contributed by atoms with van der Waals surface area (Å²) in [4.78, 5) is 8.23. The van der Waals surface area contributed by atoms with Crippen molar-refractivity contribution < 1.29 is 0 Å². The van der Waals surface area contributed by atoms with Crippen LogP contribution in [0.4, 0.5) is 0 Å². The van der Waals surface area contributed by atoms with Gasteiger partial charge >= 0.3 is 0 Å². The van der Waals surface area contributed by atoms with Crippen molar-refractivity contribution in [1.29, 1.82) is 0 Å². The fourth-order valence-electron chi connectivity index (χ4n) is 0.994. The molecule has 0 bridgehead atoms. The molecule has 0 saturated heterocycles. The van der Waals surface area contributed by atoms with E-state index < -0.39 is 0 Å². The van der Waals surface area contributed by atoms with E-state index in [4.69, 9.17) is 0 Å². The maximum atomic E-state index is 4.25. The van der Waals surface area contributed by atoms with Crippen molar-refractivity contribution in [2.75, 3.05) is 0 Å². The first-order valence-corrected chi connectivity index (χ1v) is 5.07. The van der Waals surface area contributed by atoms with E-state index in [9.17, 15) is 0 Å². The van der Waals surface area contributed by atoms with Crippen LogP contribution in [0.1, 0.15) is 16.3 Å². The van der Waals surface area contributed by atoms with Crippen LogP contribution in [-0.2, 0) is 0 Å². The molecule has 0 N–H and O–H groups in total. The van der Waals surface area contributed by atoms with Crippen LogP contribution >= 0.6 is 23.7 Å². The Balaban J connectivity index is 0.00000112. The fourth-order valence-corrected chi connectivity index (χ4v) is 1.54. The molecule has 15 heavy (non-hydrogen) atoms. The predicted octanol–water partition coefficient (Wildman–Crippen LogP) is 2.67. The maximum Gasteiger partial charge on any atom is 0.124 e. The largest absolute Gasteiger partial charge is 0.263 e. The molecule has 0 aliphatic carbocycles. The first-order chi connectivity index (χ1) is 6.84. The van der Waals surface area contributed by atoms with Crippen LogP contribution in [-0.4, -0.2) is 9.97 Å². The van der Waals surface area contributed by atoms with E-state index in [1.807, 2.05) is 24.4 Å². The zero-order valence-electron chi connectivity index (χ0n) is 8.10. The lowest BCUT2D eigenvalue weighted by Gasteiger charge is -1.84. The van der Waals surface area contributed by atoms with Crippen LogP contribution in [0.15, 0.2) is 29.9 Å². The first kappa shape index (κ1) is 11.7. The van der Waals surface area contributed by atoms with Gasteiger partial charge in [0, 0.05) is 23.3 Å². The molecule has 76 valence electrons. The van der Waals surface area contributed by atoms with Crippen molar-refractivity contribution in [3.05, 3.63) is 46.2 Å². The molecule has 2 aromatic rings. The summed E-state index contributed by atoms with van der Waals surface area (Å²) >= 11 is 1.61. The van der Waals surface area contributed by atoms with Gasteiger partial charge in [-0.2, -0.15) is 0 Å². The highest BCUT2D eigenvalue weighted by Gasteiger charge is 1.91. The van der Waals surface area contributed by atoms with Crippen molar-refractivity contribution >= 4 is 23.7 Å². The average Bonchev–Trinajstić information content (AvgIpc) is 2.63. The van der Waals surface area contributed by atoms with E-state index in [0.717, 1.165) is 16.3 Å². The molecule has 2 rings (SSSR count). The van der Waals surface area contributed by atoms with E-state index in [1.54, 1.807) is 23.7 Å². The van der Waals surface area contributed by atoms with Crippen LogP contribution in [0.25, 0.3) is 0 Å². The number of hydrogen-bond acceptors (Lipinski definition) is 3. The summed E-state index contributed by atoms with van der Waals surface area (Å²) in [6, 6.07) is 3.80. The average molecular weight is 237 g/mol. The Morgan fingerprint density at radius 1 is 1.33 bits per heavy atom. The van der Waals surface area contributed by atoms with E-state index in [0.29, 0.717) is 0 Å². The van der Waals surface area contributed by atoms with Gasteiger partial charge in [0.15, 0.2) is 0 Å². The number of rotatable bonds is 0. The third kappa shape index (κ3) is 3.35. The lowest BCUT2D eigenvalue weighted by atomic mass is 10.3. The number of aromatic nitrogens is 2. The van der Waals surface area contributed by atoms with Gasteiger partial charge in [-0.25, -0.2) is 4.98 Å². The van der Waals surface area contributed by atoms with Crippen LogP contribution < -0.4 is 0 Å². The van der Waals surface area contributed by atoms with E-state index in [1.165, 1.54) is 0 Å². The lowest BCUT2D eigenvalue weighted by molar-refractivity contribution is 1.27. The summed E-state index contributed by atoms with van der Waals surface area (Å²) in [6.45, 7) is 1.97. The van der Waals surface area contributed by atoms with Gasteiger partial charge in [0.05, 0.1) is 5.01 Å². The topological polar surface area (TPSA) is 25.8 Å². The standard InChI is InChI=1S/C11H8N2S.ClH/c1-9-13-11(8-14-9)5-4-10-3-2-6-12-7-10;/h2-3,6-8H,1H3;1H. The molecule has 2 nitrogen and oxygen atoms in total. The smallest absolute Gasteiger partial charge is 0.124 e. The van der Waals surface area contributed by atoms with Crippen molar-refractivity contribution in [2.24, 2.45) is 0 Å². The molecule has 0 aliphatic rings. The molecule has 2 heterocycles. The van der Waals surface area contributed by atoms with Gasteiger partial charge in [0.1, 0.15) is 5.69 Å². The molecule has 0 radical (unpaired) electrons. The van der Waals surface area contributed by atoms with E-state index in [-0.39, 0.29) is 12.4 Å². The van der Waals surface area contributed by atoms with Gasteiger partial charge in [-0.15, -0.1) is 23.7 Å². The molecule has 0 saturated carbocycles. The minimum absolute atomic E-state index is 0. The van der Waals surface area contributed by atoms with Crippen LogP contribution in [0.5, 0.6) is 0 Å². The molecule has 0 atom stereocenters. The summed E-state index contributed by atoms with van der Waals surface area (Å²) in [6.07, 6.45) is 3.48. The van der Waals surface area contributed by atoms with Gasteiger partial charge in [0.25, 0.3) is 0 Å². The van der Waals surface area contributed by atoms with Gasteiger partial charge in [-0.3, -0.25) is 4.98 Å². The molecular formula is C11H9ClN2S. The number of pyridine rings is 1. The van der Waals surface area contributed by atoms with Gasteiger partial charge in [0.2, 0.25) is 0 Å². The Kier molecular flexibility index (Phi) is 4.29. The Morgan fingerprint density at radius 2 is 2.20 bits per heavy atom. The molecule has 0 unspecified atom stereocenters. The zero-order valence-corrected chi connectivity index (χ0v) is 9.73. The summed E-state index contributed by atoms with van der Waals surface area (Å²) in [7, 11) is 0. The number of nitrogens with zero attached hydrogens (tertiary/aromatic N) is 2. The van der Waals surface area contributed by atoms with Gasteiger partial charge in [-0.05, 0) is 25.0 Å². The van der Waals surface area contributed by atoms with Crippen LogP contribution in [0.3, 0.4) is 0 Å². The second-order valence-electron chi connectivity index (χ2n) is 2.74. The minimum atomic E-state index is 0. The monoisotopic (exact) mass is 236 g/mol. The number of hydrogen-bond donors (Lipinski definition) is 0. The summed E-state index contributed by atoms with van der Waals surface area (Å²) < 4.78 is 0. The van der Waals surface area contributed by atoms with Crippen molar-refractivity contribution in [3.63, 3.8) is 0 Å². The highest BCUT2D eigenvalue weighted by molar-refractivity contribution is 7.09. The van der Waals surface area contributed by atoms with Crippen molar-refractivity contribution in [1.82, 2.24) is 9.97 Å². The van der Waals surface area contributed by atoms with Crippen molar-refractivity contribution in [2.45, 2.75) is 6.92 Å². The summed E-state index contributed by atoms with van der Waals surface area (Å²) in [5.74, 6) is 6.00. The molecule has 2 aromatic heterocycles. The number of aryl methyl sites for hydroxylation is 1. The summed E-state index contributed by atoms with van der Waals surface area (Å²) in [5.41, 5.74) is 1.74. The second-order valence-corrected chi connectivity index (χ2v) is 3.81. The number of thiazole rings is 1. The highest BCUT2D eigenvalue weighted by Crippen LogP contribution is 2.06. The lowest BCUT2D eigenvalue weighted by Crippen LogP contribution is -1.77. The molecular weight excluding hydrogens is 228 g/mol.